The van der Waals surface area contributed by atoms with Crippen LogP contribution in [0.4, 0.5) is 4.39 Å². The van der Waals surface area contributed by atoms with Crippen LogP contribution in [0.25, 0.3) is 0 Å². The van der Waals surface area contributed by atoms with E-state index >= 15 is 0 Å². The average molecular weight is 261 g/mol. The van der Waals surface area contributed by atoms with Crippen LogP contribution in [0.2, 0.25) is 0 Å². The van der Waals surface area contributed by atoms with E-state index in [1.54, 1.807) is 19.2 Å². The number of aromatic nitrogens is 2. The maximum absolute atomic E-state index is 13.7. The Kier molecular flexibility index (Phi) is 3.71. The Bertz CT molecular complexity index is 573. The molecule has 0 spiro atoms. The minimum atomic E-state index is -0.736. The van der Waals surface area contributed by atoms with Gasteiger partial charge in [0.2, 0.25) is 0 Å². The second kappa shape index (κ2) is 5.13. The summed E-state index contributed by atoms with van der Waals surface area (Å²) < 4.78 is 15.5. The van der Waals surface area contributed by atoms with Gasteiger partial charge in [-0.3, -0.25) is 4.68 Å². The Labute approximate surface area is 113 Å². The first kappa shape index (κ1) is 13.7. The van der Waals surface area contributed by atoms with Crippen molar-refractivity contribution in [2.45, 2.75) is 39.3 Å². The van der Waals surface area contributed by atoms with Crippen LogP contribution in [0.3, 0.4) is 0 Å². The Hall–Kier alpha value is -1.68. The van der Waals surface area contributed by atoms with E-state index in [1.165, 1.54) is 6.07 Å². The van der Waals surface area contributed by atoms with Crippen molar-refractivity contribution in [1.29, 1.82) is 0 Å². The quantitative estimate of drug-likeness (QED) is 0.919. The van der Waals surface area contributed by atoms with E-state index in [1.807, 2.05) is 23.9 Å². The summed E-state index contributed by atoms with van der Waals surface area (Å²) in [5.41, 5.74) is 7.91. The van der Waals surface area contributed by atoms with E-state index < -0.39 is 5.54 Å². The van der Waals surface area contributed by atoms with Gasteiger partial charge in [0, 0.05) is 18.3 Å². The average Bonchev–Trinajstić information content (AvgIpc) is 2.82. The lowest BCUT2D eigenvalue weighted by molar-refractivity contribution is 0.572. The molecule has 0 saturated carbocycles. The van der Waals surface area contributed by atoms with Gasteiger partial charge in [0.25, 0.3) is 0 Å². The summed E-state index contributed by atoms with van der Waals surface area (Å²) in [5.74, 6) is -0.227. The number of nitrogens with two attached hydrogens (primary N) is 1. The molecule has 0 saturated heterocycles. The molecule has 0 fully saturated rings. The highest BCUT2D eigenvalue weighted by Gasteiger charge is 2.26. The molecule has 0 aliphatic carbocycles. The molecule has 102 valence electrons. The summed E-state index contributed by atoms with van der Waals surface area (Å²) >= 11 is 0. The van der Waals surface area contributed by atoms with Crippen LogP contribution in [-0.2, 0) is 12.1 Å². The second-order valence-electron chi connectivity index (χ2n) is 5.16. The SMILES string of the molecule is CCCn1cc(C(C)(N)c2ccc(C)c(F)c2)cn1. The van der Waals surface area contributed by atoms with Crippen LogP contribution >= 0.6 is 0 Å². The molecule has 0 aliphatic heterocycles. The van der Waals surface area contributed by atoms with E-state index in [2.05, 4.69) is 12.0 Å². The van der Waals surface area contributed by atoms with Crippen molar-refractivity contribution in [2.75, 3.05) is 0 Å². The van der Waals surface area contributed by atoms with Crippen molar-refractivity contribution in [2.24, 2.45) is 5.73 Å². The zero-order chi connectivity index (χ0) is 14.0. The van der Waals surface area contributed by atoms with E-state index in [-0.39, 0.29) is 5.82 Å². The monoisotopic (exact) mass is 261 g/mol. The normalized spacial score (nSPS) is 14.4. The summed E-state index contributed by atoms with van der Waals surface area (Å²) in [6.45, 7) is 6.58. The zero-order valence-corrected chi connectivity index (χ0v) is 11.7. The maximum Gasteiger partial charge on any atom is 0.126 e. The Morgan fingerprint density at radius 1 is 1.37 bits per heavy atom. The molecule has 1 heterocycles. The first-order valence-corrected chi connectivity index (χ1v) is 6.53. The van der Waals surface area contributed by atoms with Crippen molar-refractivity contribution in [1.82, 2.24) is 9.78 Å². The summed E-state index contributed by atoms with van der Waals surface area (Å²) in [6, 6.07) is 5.13. The molecule has 2 aromatic rings. The van der Waals surface area contributed by atoms with Gasteiger partial charge in [-0.25, -0.2) is 4.39 Å². The summed E-state index contributed by atoms with van der Waals surface area (Å²) in [7, 11) is 0. The third kappa shape index (κ3) is 2.68. The lowest BCUT2D eigenvalue weighted by Crippen LogP contribution is -2.34. The fourth-order valence-corrected chi connectivity index (χ4v) is 2.07. The van der Waals surface area contributed by atoms with Crippen molar-refractivity contribution >= 4 is 0 Å². The minimum absolute atomic E-state index is 0.227. The van der Waals surface area contributed by atoms with Gasteiger partial charge in [-0.15, -0.1) is 0 Å². The molecule has 4 heteroatoms. The molecule has 3 nitrogen and oxygen atoms in total. The minimum Gasteiger partial charge on any atom is -0.318 e. The fourth-order valence-electron chi connectivity index (χ4n) is 2.07. The highest BCUT2D eigenvalue weighted by Crippen LogP contribution is 2.27. The molecule has 0 radical (unpaired) electrons. The Morgan fingerprint density at radius 3 is 2.74 bits per heavy atom. The van der Waals surface area contributed by atoms with Crippen molar-refractivity contribution in [3.8, 4) is 0 Å². The van der Waals surface area contributed by atoms with E-state index in [0.29, 0.717) is 5.56 Å². The van der Waals surface area contributed by atoms with Gasteiger partial charge in [-0.05, 0) is 37.5 Å². The highest BCUT2D eigenvalue weighted by molar-refractivity contribution is 5.36. The first-order chi connectivity index (χ1) is 8.95. The lowest BCUT2D eigenvalue weighted by Gasteiger charge is -2.24. The maximum atomic E-state index is 13.7. The molecule has 19 heavy (non-hydrogen) atoms. The van der Waals surface area contributed by atoms with Gasteiger partial charge in [-0.1, -0.05) is 19.1 Å². The molecule has 1 aromatic heterocycles. The largest absolute Gasteiger partial charge is 0.318 e. The fraction of sp³-hybridized carbons (Fsp3) is 0.400. The summed E-state index contributed by atoms with van der Waals surface area (Å²) in [6.07, 6.45) is 4.70. The zero-order valence-electron chi connectivity index (χ0n) is 11.7. The molecular formula is C15H20FN3. The number of benzene rings is 1. The van der Waals surface area contributed by atoms with Crippen LogP contribution < -0.4 is 5.73 Å². The van der Waals surface area contributed by atoms with Crippen LogP contribution in [-0.4, -0.2) is 9.78 Å². The second-order valence-corrected chi connectivity index (χ2v) is 5.16. The molecule has 2 rings (SSSR count). The van der Waals surface area contributed by atoms with Gasteiger partial charge in [0.1, 0.15) is 5.82 Å². The number of halogens is 1. The molecule has 1 aromatic carbocycles. The predicted molar refractivity (Wildman–Crippen MR) is 74.3 cm³/mol. The summed E-state index contributed by atoms with van der Waals surface area (Å²) in [4.78, 5) is 0. The van der Waals surface area contributed by atoms with Crippen molar-refractivity contribution in [3.05, 3.63) is 53.1 Å². The predicted octanol–water partition coefficient (Wildman–Crippen LogP) is 2.96. The van der Waals surface area contributed by atoms with Gasteiger partial charge < -0.3 is 5.73 Å². The smallest absolute Gasteiger partial charge is 0.126 e. The van der Waals surface area contributed by atoms with Gasteiger partial charge in [0.15, 0.2) is 0 Å². The molecule has 1 unspecified atom stereocenters. The number of rotatable bonds is 4. The Balaban J connectivity index is 2.36. The number of hydrogen-bond donors (Lipinski definition) is 1. The van der Waals surface area contributed by atoms with Gasteiger partial charge >= 0.3 is 0 Å². The van der Waals surface area contributed by atoms with Crippen LogP contribution in [0.5, 0.6) is 0 Å². The van der Waals surface area contributed by atoms with E-state index in [4.69, 9.17) is 5.73 Å². The molecular weight excluding hydrogens is 241 g/mol. The van der Waals surface area contributed by atoms with Gasteiger partial charge in [0.05, 0.1) is 11.7 Å². The number of hydrogen-bond acceptors (Lipinski definition) is 2. The van der Waals surface area contributed by atoms with Crippen LogP contribution in [0.15, 0.2) is 30.6 Å². The van der Waals surface area contributed by atoms with Crippen molar-refractivity contribution < 1.29 is 4.39 Å². The molecule has 2 N–H and O–H groups in total. The van der Waals surface area contributed by atoms with Crippen LogP contribution in [0, 0.1) is 12.7 Å². The topological polar surface area (TPSA) is 43.8 Å². The lowest BCUT2D eigenvalue weighted by atomic mass is 9.87. The van der Waals surface area contributed by atoms with Gasteiger partial charge in [-0.2, -0.15) is 5.10 Å². The van der Waals surface area contributed by atoms with Crippen LogP contribution in [0.1, 0.15) is 37.0 Å². The standard InChI is InChI=1S/C15H20FN3/c1-4-7-19-10-13(9-18-19)15(3,17)12-6-5-11(2)14(16)8-12/h5-6,8-10H,4,7,17H2,1-3H3. The van der Waals surface area contributed by atoms with E-state index in [0.717, 1.165) is 24.1 Å². The van der Waals surface area contributed by atoms with E-state index in [9.17, 15) is 4.39 Å². The molecule has 1 atom stereocenters. The number of aryl methyl sites for hydroxylation is 2. The highest BCUT2D eigenvalue weighted by atomic mass is 19.1. The summed E-state index contributed by atoms with van der Waals surface area (Å²) in [5, 5.41) is 4.28. The number of nitrogens with zero attached hydrogens (tertiary/aromatic N) is 2. The molecule has 0 amide bonds. The van der Waals surface area contributed by atoms with Crippen molar-refractivity contribution in [3.63, 3.8) is 0 Å². The third-order valence-electron chi connectivity index (χ3n) is 3.46. The Morgan fingerprint density at radius 2 is 2.11 bits per heavy atom. The first-order valence-electron chi connectivity index (χ1n) is 6.53. The third-order valence-corrected chi connectivity index (χ3v) is 3.46. The molecule has 0 aliphatic rings. The molecule has 0 bridgehead atoms.